The van der Waals surface area contributed by atoms with Crippen LogP contribution in [0.1, 0.15) is 83.1 Å². The minimum absolute atomic E-state index is 0.0456. The van der Waals surface area contributed by atoms with Crippen LogP contribution in [0, 0.1) is 5.82 Å². The molecule has 0 aliphatic carbocycles. The van der Waals surface area contributed by atoms with Gasteiger partial charge >= 0.3 is 5.97 Å². The van der Waals surface area contributed by atoms with Gasteiger partial charge < -0.3 is 15.8 Å². The Morgan fingerprint density at radius 2 is 1.63 bits per heavy atom. The molecular formula is C29H41FN2O3. The zero-order valence-electron chi connectivity index (χ0n) is 21.2. The minimum Gasteiger partial charge on any atom is -0.463 e. The molecule has 2 aromatic carbocycles. The Labute approximate surface area is 209 Å². The number of nitrogens with two attached hydrogens (primary N) is 1. The fourth-order valence-corrected chi connectivity index (χ4v) is 4.00. The molecule has 2 unspecified atom stereocenters. The van der Waals surface area contributed by atoms with Crippen molar-refractivity contribution in [2.75, 3.05) is 13.2 Å². The van der Waals surface area contributed by atoms with E-state index in [2.05, 4.69) is 12.2 Å². The van der Waals surface area contributed by atoms with Crippen molar-refractivity contribution in [2.24, 2.45) is 5.73 Å². The van der Waals surface area contributed by atoms with Crippen molar-refractivity contribution >= 4 is 11.9 Å². The molecule has 2 rings (SSSR count). The third-order valence-electron chi connectivity index (χ3n) is 6.28. The summed E-state index contributed by atoms with van der Waals surface area (Å²) in [5.41, 5.74) is 7.79. The SMILES string of the molecule is CCCCCCCCCCC(N)C(=O)NCCOC(=O)C(C)c1ccc(-c2ccccc2)c(F)c1. The molecule has 0 fully saturated rings. The largest absolute Gasteiger partial charge is 0.463 e. The van der Waals surface area contributed by atoms with Gasteiger partial charge in [-0.3, -0.25) is 9.59 Å². The molecule has 3 N–H and O–H groups in total. The number of amides is 1. The fraction of sp³-hybridized carbons (Fsp3) is 0.517. The molecule has 35 heavy (non-hydrogen) atoms. The summed E-state index contributed by atoms with van der Waals surface area (Å²) in [6.45, 7) is 4.14. The van der Waals surface area contributed by atoms with Crippen LogP contribution in [0.5, 0.6) is 0 Å². The first-order valence-electron chi connectivity index (χ1n) is 13.0. The van der Waals surface area contributed by atoms with Gasteiger partial charge in [-0.05, 0) is 30.5 Å². The molecule has 5 nitrogen and oxygen atoms in total. The summed E-state index contributed by atoms with van der Waals surface area (Å²) < 4.78 is 19.9. The molecule has 1 amide bonds. The summed E-state index contributed by atoms with van der Waals surface area (Å²) >= 11 is 0. The fourth-order valence-electron chi connectivity index (χ4n) is 4.00. The Morgan fingerprint density at radius 1 is 0.971 bits per heavy atom. The molecular weight excluding hydrogens is 443 g/mol. The molecule has 0 saturated carbocycles. The number of halogens is 1. The zero-order valence-corrected chi connectivity index (χ0v) is 21.2. The summed E-state index contributed by atoms with van der Waals surface area (Å²) in [7, 11) is 0. The molecule has 0 radical (unpaired) electrons. The van der Waals surface area contributed by atoms with E-state index in [1.54, 1.807) is 19.1 Å². The van der Waals surface area contributed by atoms with E-state index in [0.29, 0.717) is 17.5 Å². The number of esters is 1. The lowest BCUT2D eigenvalue weighted by Gasteiger charge is -2.15. The van der Waals surface area contributed by atoms with Crippen molar-refractivity contribution in [2.45, 2.75) is 83.6 Å². The highest BCUT2D eigenvalue weighted by Gasteiger charge is 2.19. The topological polar surface area (TPSA) is 81.4 Å². The second kappa shape index (κ2) is 16.0. The number of benzene rings is 2. The Hall–Kier alpha value is -2.73. The summed E-state index contributed by atoms with van der Waals surface area (Å²) in [6.07, 6.45) is 10.3. The number of hydrogen-bond donors (Lipinski definition) is 2. The van der Waals surface area contributed by atoms with Crippen molar-refractivity contribution in [3.63, 3.8) is 0 Å². The van der Waals surface area contributed by atoms with Crippen molar-refractivity contribution in [3.8, 4) is 11.1 Å². The Kier molecular flexibility index (Phi) is 13.1. The highest BCUT2D eigenvalue weighted by molar-refractivity contribution is 5.81. The predicted molar refractivity (Wildman–Crippen MR) is 139 cm³/mol. The van der Waals surface area contributed by atoms with E-state index >= 15 is 0 Å². The van der Waals surface area contributed by atoms with Crippen molar-refractivity contribution < 1.29 is 18.7 Å². The van der Waals surface area contributed by atoms with Gasteiger partial charge in [0.25, 0.3) is 0 Å². The molecule has 0 aliphatic rings. The summed E-state index contributed by atoms with van der Waals surface area (Å²) in [4.78, 5) is 24.5. The van der Waals surface area contributed by atoms with Gasteiger partial charge in [0.2, 0.25) is 5.91 Å². The maximum atomic E-state index is 14.6. The standard InChI is InChI=1S/C29H41FN2O3/c1-3-4-5-6-7-8-9-13-16-27(31)28(33)32-19-20-35-29(34)22(2)24-17-18-25(26(30)21-24)23-14-11-10-12-15-23/h10-12,14-15,17-18,21-22,27H,3-9,13,16,19-20,31H2,1-2H3,(H,32,33). The average Bonchev–Trinajstić information content (AvgIpc) is 2.87. The predicted octanol–water partition coefficient (Wildman–Crippen LogP) is 6.11. The van der Waals surface area contributed by atoms with Crippen LogP contribution in [0.4, 0.5) is 4.39 Å². The number of hydrogen-bond acceptors (Lipinski definition) is 4. The molecule has 0 spiro atoms. The Bertz CT molecular complexity index is 904. The summed E-state index contributed by atoms with van der Waals surface area (Å²) in [6, 6.07) is 13.5. The maximum absolute atomic E-state index is 14.6. The first kappa shape index (κ1) is 28.5. The third-order valence-corrected chi connectivity index (χ3v) is 6.28. The molecule has 0 heterocycles. The molecule has 192 valence electrons. The Balaban J connectivity index is 1.64. The van der Waals surface area contributed by atoms with E-state index in [1.807, 2.05) is 30.3 Å². The van der Waals surface area contributed by atoms with E-state index < -0.39 is 17.9 Å². The lowest BCUT2D eigenvalue weighted by atomic mass is 9.97. The van der Waals surface area contributed by atoms with Crippen LogP contribution in [0.25, 0.3) is 11.1 Å². The van der Waals surface area contributed by atoms with E-state index in [0.717, 1.165) is 18.4 Å². The minimum atomic E-state index is -0.616. The second-order valence-electron chi connectivity index (χ2n) is 9.16. The van der Waals surface area contributed by atoms with Crippen LogP contribution in [0.15, 0.2) is 48.5 Å². The van der Waals surface area contributed by atoms with Gasteiger partial charge in [-0.1, -0.05) is 101 Å². The Morgan fingerprint density at radius 3 is 2.29 bits per heavy atom. The van der Waals surface area contributed by atoms with Crippen LogP contribution < -0.4 is 11.1 Å². The maximum Gasteiger partial charge on any atom is 0.313 e. The molecule has 0 bridgehead atoms. The van der Waals surface area contributed by atoms with E-state index in [9.17, 15) is 14.0 Å². The van der Waals surface area contributed by atoms with Gasteiger partial charge in [0, 0.05) is 5.56 Å². The number of carbonyl (C=O) groups excluding carboxylic acids is 2. The molecule has 0 aliphatic heterocycles. The van der Waals surface area contributed by atoms with Gasteiger partial charge in [0.05, 0.1) is 18.5 Å². The number of unbranched alkanes of at least 4 members (excludes halogenated alkanes) is 7. The molecule has 0 saturated heterocycles. The van der Waals surface area contributed by atoms with Crippen LogP contribution in [-0.2, 0) is 14.3 Å². The van der Waals surface area contributed by atoms with Gasteiger partial charge in [0.15, 0.2) is 0 Å². The second-order valence-corrected chi connectivity index (χ2v) is 9.16. The lowest BCUT2D eigenvalue weighted by molar-refractivity contribution is -0.145. The van der Waals surface area contributed by atoms with Crippen molar-refractivity contribution in [1.82, 2.24) is 5.32 Å². The normalized spacial score (nSPS) is 12.7. The third kappa shape index (κ3) is 10.2. The van der Waals surface area contributed by atoms with Crippen molar-refractivity contribution in [1.29, 1.82) is 0 Å². The lowest BCUT2D eigenvalue weighted by Crippen LogP contribution is -2.42. The number of rotatable bonds is 16. The first-order valence-corrected chi connectivity index (χ1v) is 13.0. The van der Waals surface area contributed by atoms with E-state index in [4.69, 9.17) is 10.5 Å². The highest BCUT2D eigenvalue weighted by atomic mass is 19.1. The molecule has 2 aromatic rings. The van der Waals surface area contributed by atoms with Gasteiger partial charge in [-0.25, -0.2) is 4.39 Å². The van der Waals surface area contributed by atoms with Gasteiger partial charge in [-0.15, -0.1) is 0 Å². The summed E-state index contributed by atoms with van der Waals surface area (Å²) in [5.74, 6) is -1.69. The van der Waals surface area contributed by atoms with Gasteiger partial charge in [0.1, 0.15) is 12.4 Å². The van der Waals surface area contributed by atoms with Crippen LogP contribution in [0.3, 0.4) is 0 Å². The van der Waals surface area contributed by atoms with Gasteiger partial charge in [-0.2, -0.15) is 0 Å². The molecule has 0 aromatic heterocycles. The van der Waals surface area contributed by atoms with Crippen LogP contribution in [-0.4, -0.2) is 31.1 Å². The number of carbonyl (C=O) groups is 2. The van der Waals surface area contributed by atoms with Crippen LogP contribution in [0.2, 0.25) is 0 Å². The molecule has 2 atom stereocenters. The van der Waals surface area contributed by atoms with Crippen molar-refractivity contribution in [3.05, 3.63) is 59.9 Å². The monoisotopic (exact) mass is 484 g/mol. The number of nitrogens with one attached hydrogen (secondary N) is 1. The smallest absolute Gasteiger partial charge is 0.313 e. The quantitative estimate of drug-likeness (QED) is 0.222. The highest BCUT2D eigenvalue weighted by Crippen LogP contribution is 2.26. The molecule has 6 heteroatoms. The van der Waals surface area contributed by atoms with E-state index in [-0.39, 0.29) is 24.9 Å². The number of ether oxygens (including phenoxy) is 1. The summed E-state index contributed by atoms with van der Waals surface area (Å²) in [5, 5.41) is 2.73. The average molecular weight is 485 g/mol. The first-order chi connectivity index (χ1) is 16.9. The zero-order chi connectivity index (χ0) is 25.5. The van der Waals surface area contributed by atoms with E-state index in [1.165, 1.54) is 44.6 Å². The van der Waals surface area contributed by atoms with Crippen LogP contribution >= 0.6 is 0 Å².